The van der Waals surface area contributed by atoms with Crippen LogP contribution in [0.25, 0.3) is 0 Å². The number of rotatable bonds is 6. The maximum absolute atomic E-state index is 8.04. The highest BCUT2D eigenvalue weighted by molar-refractivity contribution is 5.81. The number of nitrogens with one attached hydrogen (secondary N) is 1. The third-order valence-electron chi connectivity index (χ3n) is 3.03. The van der Waals surface area contributed by atoms with Crippen molar-refractivity contribution in [2.24, 2.45) is 0 Å². The van der Waals surface area contributed by atoms with E-state index in [2.05, 4.69) is 26.0 Å². The molecule has 1 N–H and O–H groups in total. The lowest BCUT2D eigenvalue weighted by Gasteiger charge is -2.20. The van der Waals surface area contributed by atoms with Crippen LogP contribution in [0.2, 0.25) is 0 Å². The lowest BCUT2D eigenvalue weighted by molar-refractivity contribution is 0.305. The number of ether oxygens (including phenoxy) is 1. The van der Waals surface area contributed by atoms with Crippen LogP contribution in [0.3, 0.4) is 0 Å². The van der Waals surface area contributed by atoms with Gasteiger partial charge in [-0.1, -0.05) is 44.0 Å². The summed E-state index contributed by atoms with van der Waals surface area (Å²) in [6.07, 6.45) is 3.29. The Morgan fingerprint density at radius 3 is 2.59 bits per heavy atom. The third kappa shape index (κ3) is 3.88. The molecule has 0 saturated heterocycles. The van der Waals surface area contributed by atoms with Crippen molar-refractivity contribution in [2.75, 3.05) is 6.61 Å². The molecule has 0 bridgehead atoms. The first-order chi connectivity index (χ1) is 8.20. The number of aryl methyl sites for hydroxylation is 1. The summed E-state index contributed by atoms with van der Waals surface area (Å²) in [5, 5.41) is 8.04. The topological polar surface area (TPSA) is 33.1 Å². The minimum Gasteiger partial charge on any atom is -0.481 e. The Morgan fingerprint density at radius 1 is 1.29 bits per heavy atom. The minimum atomic E-state index is 0.121. The number of hydrogen-bond acceptors (Lipinski definition) is 2. The van der Waals surface area contributed by atoms with Crippen LogP contribution >= 0.6 is 0 Å². The van der Waals surface area contributed by atoms with Crippen LogP contribution in [0.5, 0.6) is 0 Å². The fourth-order valence-electron chi connectivity index (χ4n) is 2.07. The van der Waals surface area contributed by atoms with Crippen molar-refractivity contribution < 1.29 is 4.74 Å². The minimum absolute atomic E-state index is 0.121. The molecular formula is C15H23NO. The lowest BCUT2D eigenvalue weighted by Crippen LogP contribution is -2.16. The Bertz CT molecular complexity index is 360. The van der Waals surface area contributed by atoms with Gasteiger partial charge in [0, 0.05) is 0 Å². The van der Waals surface area contributed by atoms with E-state index in [0.717, 1.165) is 19.3 Å². The van der Waals surface area contributed by atoms with Gasteiger partial charge in [0.05, 0.1) is 12.5 Å². The molecule has 0 saturated carbocycles. The smallest absolute Gasteiger partial charge is 0.188 e. The molecule has 2 nitrogen and oxygen atoms in total. The van der Waals surface area contributed by atoms with Gasteiger partial charge in [0.1, 0.15) is 0 Å². The second-order valence-corrected chi connectivity index (χ2v) is 4.35. The van der Waals surface area contributed by atoms with Crippen LogP contribution in [0, 0.1) is 12.3 Å². The SMILES string of the molecule is CCCCC(C(=N)OCC)c1ccccc1C. The molecule has 17 heavy (non-hydrogen) atoms. The second kappa shape index (κ2) is 7.10. The van der Waals surface area contributed by atoms with Gasteiger partial charge < -0.3 is 4.74 Å². The second-order valence-electron chi connectivity index (χ2n) is 4.35. The maximum Gasteiger partial charge on any atom is 0.188 e. The summed E-state index contributed by atoms with van der Waals surface area (Å²) >= 11 is 0. The molecule has 1 rings (SSSR count). The van der Waals surface area contributed by atoms with Crippen LogP contribution in [-0.4, -0.2) is 12.5 Å². The monoisotopic (exact) mass is 233 g/mol. The van der Waals surface area contributed by atoms with Gasteiger partial charge in [-0.3, -0.25) is 5.41 Å². The van der Waals surface area contributed by atoms with E-state index in [1.165, 1.54) is 11.1 Å². The highest BCUT2D eigenvalue weighted by Gasteiger charge is 2.19. The molecule has 0 spiro atoms. The van der Waals surface area contributed by atoms with E-state index in [1.54, 1.807) is 0 Å². The fraction of sp³-hybridized carbons (Fsp3) is 0.533. The zero-order chi connectivity index (χ0) is 12.7. The average molecular weight is 233 g/mol. The first kappa shape index (κ1) is 13.8. The zero-order valence-electron chi connectivity index (χ0n) is 11.1. The molecule has 0 heterocycles. The predicted octanol–water partition coefficient (Wildman–Crippen LogP) is 4.28. The first-order valence-electron chi connectivity index (χ1n) is 6.47. The Morgan fingerprint density at radius 2 is 2.00 bits per heavy atom. The van der Waals surface area contributed by atoms with Crippen molar-refractivity contribution in [1.82, 2.24) is 0 Å². The summed E-state index contributed by atoms with van der Waals surface area (Å²) in [6, 6.07) is 8.30. The van der Waals surface area contributed by atoms with Crippen LogP contribution in [-0.2, 0) is 4.74 Å². The molecule has 0 aliphatic rings. The molecule has 0 amide bonds. The Hall–Kier alpha value is -1.31. The maximum atomic E-state index is 8.04. The summed E-state index contributed by atoms with van der Waals surface area (Å²) in [6.45, 7) is 6.79. The quantitative estimate of drug-likeness (QED) is 0.577. The lowest BCUT2D eigenvalue weighted by atomic mass is 9.90. The highest BCUT2D eigenvalue weighted by Crippen LogP contribution is 2.26. The van der Waals surface area contributed by atoms with Crippen LogP contribution in [0.1, 0.15) is 50.2 Å². The molecular weight excluding hydrogens is 210 g/mol. The van der Waals surface area contributed by atoms with E-state index in [1.807, 2.05) is 19.1 Å². The summed E-state index contributed by atoms with van der Waals surface area (Å²) in [5.41, 5.74) is 2.48. The Labute approximate surface area is 105 Å². The number of benzene rings is 1. The first-order valence-corrected chi connectivity index (χ1v) is 6.47. The summed E-state index contributed by atoms with van der Waals surface area (Å²) < 4.78 is 5.39. The van der Waals surface area contributed by atoms with E-state index in [4.69, 9.17) is 10.1 Å². The molecule has 0 aliphatic heterocycles. The van der Waals surface area contributed by atoms with Crippen molar-refractivity contribution in [3.63, 3.8) is 0 Å². The average Bonchev–Trinajstić information content (AvgIpc) is 2.32. The predicted molar refractivity (Wildman–Crippen MR) is 72.8 cm³/mol. The molecule has 0 fully saturated rings. The highest BCUT2D eigenvalue weighted by atomic mass is 16.5. The van der Waals surface area contributed by atoms with Crippen molar-refractivity contribution in [2.45, 2.75) is 46.0 Å². The molecule has 1 unspecified atom stereocenters. The number of unbranched alkanes of at least 4 members (excludes halogenated alkanes) is 1. The fourth-order valence-corrected chi connectivity index (χ4v) is 2.07. The van der Waals surface area contributed by atoms with Crippen LogP contribution < -0.4 is 0 Å². The molecule has 0 aromatic heterocycles. The molecule has 1 aromatic carbocycles. The van der Waals surface area contributed by atoms with Gasteiger partial charge in [-0.15, -0.1) is 0 Å². The number of hydrogen-bond donors (Lipinski definition) is 1. The van der Waals surface area contributed by atoms with Crippen molar-refractivity contribution in [3.8, 4) is 0 Å². The standard InChI is InChI=1S/C15H23NO/c1-4-6-10-14(15(16)17-5-2)13-11-8-7-9-12(13)3/h7-9,11,14,16H,4-6,10H2,1-3H3. The molecule has 94 valence electrons. The van der Waals surface area contributed by atoms with Gasteiger partial charge >= 0.3 is 0 Å². The van der Waals surface area contributed by atoms with E-state index in [9.17, 15) is 0 Å². The van der Waals surface area contributed by atoms with E-state index < -0.39 is 0 Å². The normalized spacial score (nSPS) is 12.2. The molecule has 2 heteroatoms. The van der Waals surface area contributed by atoms with Gasteiger partial charge in [0.15, 0.2) is 5.90 Å². The summed E-state index contributed by atoms with van der Waals surface area (Å²) in [4.78, 5) is 0. The summed E-state index contributed by atoms with van der Waals surface area (Å²) in [5.74, 6) is 0.534. The van der Waals surface area contributed by atoms with Gasteiger partial charge in [-0.2, -0.15) is 0 Å². The van der Waals surface area contributed by atoms with Crippen molar-refractivity contribution in [3.05, 3.63) is 35.4 Å². The largest absolute Gasteiger partial charge is 0.481 e. The van der Waals surface area contributed by atoms with Gasteiger partial charge in [0.25, 0.3) is 0 Å². The molecule has 1 atom stereocenters. The van der Waals surface area contributed by atoms with Crippen molar-refractivity contribution >= 4 is 5.90 Å². The Balaban J connectivity index is 2.89. The molecule has 0 radical (unpaired) electrons. The molecule has 0 aliphatic carbocycles. The van der Waals surface area contributed by atoms with E-state index >= 15 is 0 Å². The van der Waals surface area contributed by atoms with Crippen LogP contribution in [0.4, 0.5) is 0 Å². The molecule has 1 aromatic rings. The van der Waals surface area contributed by atoms with E-state index in [-0.39, 0.29) is 5.92 Å². The summed E-state index contributed by atoms with van der Waals surface area (Å²) in [7, 11) is 0. The van der Waals surface area contributed by atoms with Gasteiger partial charge in [-0.05, 0) is 31.4 Å². The van der Waals surface area contributed by atoms with Gasteiger partial charge in [0.2, 0.25) is 0 Å². The Kier molecular flexibility index (Phi) is 5.75. The van der Waals surface area contributed by atoms with Crippen molar-refractivity contribution in [1.29, 1.82) is 5.41 Å². The van der Waals surface area contributed by atoms with Gasteiger partial charge in [-0.25, -0.2) is 0 Å². The van der Waals surface area contributed by atoms with Crippen LogP contribution in [0.15, 0.2) is 24.3 Å². The third-order valence-corrected chi connectivity index (χ3v) is 3.03. The van der Waals surface area contributed by atoms with E-state index in [0.29, 0.717) is 12.5 Å². The zero-order valence-corrected chi connectivity index (χ0v) is 11.1.